The number of hydrogen-bond acceptors (Lipinski definition) is 3. The highest BCUT2D eigenvalue weighted by Crippen LogP contribution is 2.25. The molecule has 2 aromatic carbocycles. The van der Waals surface area contributed by atoms with E-state index >= 15 is 0 Å². The lowest BCUT2D eigenvalue weighted by Crippen LogP contribution is -2.15. The predicted octanol–water partition coefficient (Wildman–Crippen LogP) is 3.60. The second-order valence-electron chi connectivity index (χ2n) is 5.55. The molecule has 21 heavy (non-hydrogen) atoms. The van der Waals surface area contributed by atoms with E-state index in [9.17, 15) is 0 Å². The number of nitrogens with two attached hydrogens (primary N) is 1. The van der Waals surface area contributed by atoms with Gasteiger partial charge in [0, 0.05) is 0 Å². The maximum Gasteiger partial charge on any atom is 0.0890 e. The van der Waals surface area contributed by atoms with Crippen molar-refractivity contribution in [2.75, 3.05) is 0 Å². The van der Waals surface area contributed by atoms with Crippen molar-refractivity contribution in [2.45, 2.75) is 26.8 Å². The Balaban J connectivity index is 2.07. The molecule has 2 N–H and O–H groups in total. The number of fused-ring (bicyclic) bond motifs is 1. The van der Waals surface area contributed by atoms with E-state index in [1.54, 1.807) is 6.20 Å². The molecule has 106 valence electrons. The number of para-hydroxylation sites is 2. The van der Waals surface area contributed by atoms with Gasteiger partial charge in [-0.1, -0.05) is 24.3 Å². The van der Waals surface area contributed by atoms with E-state index in [0.29, 0.717) is 0 Å². The topological polar surface area (TPSA) is 51.8 Å². The van der Waals surface area contributed by atoms with Gasteiger partial charge in [-0.2, -0.15) is 0 Å². The first-order valence-electron chi connectivity index (χ1n) is 7.11. The van der Waals surface area contributed by atoms with Crippen molar-refractivity contribution in [2.24, 2.45) is 5.73 Å². The Morgan fingerprint density at radius 3 is 2.33 bits per heavy atom. The summed E-state index contributed by atoms with van der Waals surface area (Å²) in [7, 11) is 0. The van der Waals surface area contributed by atoms with E-state index in [-0.39, 0.29) is 6.04 Å². The largest absolute Gasteiger partial charge is 0.319 e. The highest BCUT2D eigenvalue weighted by Gasteiger charge is 2.15. The third kappa shape index (κ3) is 2.52. The summed E-state index contributed by atoms with van der Waals surface area (Å²) in [6.07, 6.45) is 1.78. The number of benzene rings is 2. The van der Waals surface area contributed by atoms with Crippen molar-refractivity contribution in [1.82, 2.24) is 9.97 Å². The molecule has 3 rings (SSSR count). The molecule has 3 aromatic rings. The lowest BCUT2D eigenvalue weighted by molar-refractivity contribution is 0.818. The maximum atomic E-state index is 6.42. The van der Waals surface area contributed by atoms with Crippen molar-refractivity contribution in [3.05, 3.63) is 70.5 Å². The molecule has 0 fully saturated rings. The van der Waals surface area contributed by atoms with Crippen molar-refractivity contribution < 1.29 is 0 Å². The smallest absolute Gasteiger partial charge is 0.0890 e. The Morgan fingerprint density at radius 1 is 0.905 bits per heavy atom. The number of hydrogen-bond donors (Lipinski definition) is 1. The SMILES string of the molecule is Cc1cc(C)c(C(N)c2cnc3ccccc3n2)cc1C. The van der Waals surface area contributed by atoms with Crippen LogP contribution in [0.15, 0.2) is 42.6 Å². The zero-order valence-corrected chi connectivity index (χ0v) is 12.6. The van der Waals surface area contributed by atoms with E-state index in [1.165, 1.54) is 16.7 Å². The Hall–Kier alpha value is -2.26. The Kier molecular flexibility index (Phi) is 3.43. The molecule has 0 amide bonds. The van der Waals surface area contributed by atoms with E-state index in [4.69, 9.17) is 5.73 Å². The summed E-state index contributed by atoms with van der Waals surface area (Å²) in [5.74, 6) is 0. The number of aromatic nitrogens is 2. The molecule has 1 heterocycles. The van der Waals surface area contributed by atoms with Gasteiger partial charge in [-0.3, -0.25) is 4.98 Å². The number of nitrogens with zero attached hydrogens (tertiary/aromatic N) is 2. The quantitative estimate of drug-likeness (QED) is 0.778. The average Bonchev–Trinajstić information content (AvgIpc) is 2.50. The fourth-order valence-electron chi connectivity index (χ4n) is 2.60. The molecule has 0 aliphatic heterocycles. The summed E-state index contributed by atoms with van der Waals surface area (Å²) in [6, 6.07) is 11.9. The summed E-state index contributed by atoms with van der Waals surface area (Å²) >= 11 is 0. The minimum atomic E-state index is -0.249. The average molecular weight is 277 g/mol. The Labute approximate surface area is 124 Å². The van der Waals surface area contributed by atoms with E-state index in [2.05, 4.69) is 42.9 Å². The second-order valence-corrected chi connectivity index (χ2v) is 5.55. The van der Waals surface area contributed by atoms with Crippen LogP contribution in [-0.4, -0.2) is 9.97 Å². The lowest BCUT2D eigenvalue weighted by atomic mass is 9.95. The Bertz CT molecular complexity index is 809. The molecule has 0 aliphatic rings. The van der Waals surface area contributed by atoms with Crippen molar-refractivity contribution >= 4 is 11.0 Å². The molecule has 0 bridgehead atoms. The first kappa shape index (κ1) is 13.7. The van der Waals surface area contributed by atoms with Crippen LogP contribution in [0.4, 0.5) is 0 Å². The minimum Gasteiger partial charge on any atom is -0.319 e. The van der Waals surface area contributed by atoms with Gasteiger partial charge in [0.15, 0.2) is 0 Å². The van der Waals surface area contributed by atoms with Crippen LogP contribution < -0.4 is 5.73 Å². The van der Waals surface area contributed by atoms with Gasteiger partial charge in [0.1, 0.15) is 0 Å². The third-order valence-electron chi connectivity index (χ3n) is 4.00. The molecule has 0 saturated carbocycles. The van der Waals surface area contributed by atoms with Crippen molar-refractivity contribution in [3.63, 3.8) is 0 Å². The van der Waals surface area contributed by atoms with Gasteiger partial charge in [0.2, 0.25) is 0 Å². The van der Waals surface area contributed by atoms with Crippen molar-refractivity contribution in [1.29, 1.82) is 0 Å². The zero-order valence-electron chi connectivity index (χ0n) is 12.6. The van der Waals surface area contributed by atoms with Crippen LogP contribution in [0.5, 0.6) is 0 Å². The first-order valence-corrected chi connectivity index (χ1v) is 7.11. The molecule has 1 aromatic heterocycles. The molecule has 3 nitrogen and oxygen atoms in total. The highest BCUT2D eigenvalue weighted by molar-refractivity contribution is 5.73. The monoisotopic (exact) mass is 277 g/mol. The van der Waals surface area contributed by atoms with Crippen LogP contribution in [0.3, 0.4) is 0 Å². The molecule has 1 unspecified atom stereocenters. The molecule has 0 spiro atoms. The fraction of sp³-hybridized carbons (Fsp3) is 0.222. The zero-order chi connectivity index (χ0) is 15.0. The number of aryl methyl sites for hydroxylation is 3. The molecule has 0 saturated heterocycles. The molecule has 3 heteroatoms. The fourth-order valence-corrected chi connectivity index (χ4v) is 2.60. The summed E-state index contributed by atoms with van der Waals surface area (Å²) in [6.45, 7) is 6.32. The van der Waals surface area contributed by atoms with Gasteiger partial charge >= 0.3 is 0 Å². The van der Waals surface area contributed by atoms with Crippen LogP contribution >= 0.6 is 0 Å². The molecular formula is C18H19N3. The van der Waals surface area contributed by atoms with Crippen molar-refractivity contribution in [3.8, 4) is 0 Å². The molecular weight excluding hydrogens is 258 g/mol. The summed E-state index contributed by atoms with van der Waals surface area (Å²) < 4.78 is 0. The second kappa shape index (κ2) is 5.26. The summed E-state index contributed by atoms with van der Waals surface area (Å²) in [4.78, 5) is 9.11. The Morgan fingerprint density at radius 2 is 1.57 bits per heavy atom. The van der Waals surface area contributed by atoms with Crippen LogP contribution in [0.25, 0.3) is 11.0 Å². The van der Waals surface area contributed by atoms with E-state index in [1.807, 2.05) is 24.3 Å². The van der Waals surface area contributed by atoms with Gasteiger partial charge in [-0.05, 0) is 55.2 Å². The highest BCUT2D eigenvalue weighted by atomic mass is 14.8. The number of rotatable bonds is 2. The predicted molar refractivity (Wildman–Crippen MR) is 86.2 cm³/mol. The summed E-state index contributed by atoms with van der Waals surface area (Å²) in [5.41, 5.74) is 13.8. The van der Waals surface area contributed by atoms with Crippen LogP contribution in [0.1, 0.15) is 34.0 Å². The van der Waals surface area contributed by atoms with Crippen LogP contribution in [0.2, 0.25) is 0 Å². The minimum absolute atomic E-state index is 0.249. The standard InChI is InChI=1S/C18H19N3/c1-11-8-13(3)14(9-12(11)2)18(19)17-10-20-15-6-4-5-7-16(15)21-17/h4-10,18H,19H2,1-3H3. The van der Waals surface area contributed by atoms with E-state index in [0.717, 1.165) is 22.3 Å². The van der Waals surface area contributed by atoms with Gasteiger partial charge < -0.3 is 5.73 Å². The van der Waals surface area contributed by atoms with Gasteiger partial charge in [-0.25, -0.2) is 4.98 Å². The first-order chi connectivity index (χ1) is 10.1. The van der Waals surface area contributed by atoms with E-state index < -0.39 is 0 Å². The van der Waals surface area contributed by atoms with Crippen LogP contribution in [0, 0.1) is 20.8 Å². The van der Waals surface area contributed by atoms with Crippen LogP contribution in [-0.2, 0) is 0 Å². The normalized spacial score (nSPS) is 12.6. The van der Waals surface area contributed by atoms with Gasteiger partial charge in [0.25, 0.3) is 0 Å². The maximum absolute atomic E-state index is 6.42. The molecule has 1 atom stereocenters. The van der Waals surface area contributed by atoms with Gasteiger partial charge in [-0.15, -0.1) is 0 Å². The lowest BCUT2D eigenvalue weighted by Gasteiger charge is -2.16. The molecule has 0 aliphatic carbocycles. The third-order valence-corrected chi connectivity index (χ3v) is 4.00. The van der Waals surface area contributed by atoms with Gasteiger partial charge in [0.05, 0.1) is 29.0 Å². The summed E-state index contributed by atoms with van der Waals surface area (Å²) in [5, 5.41) is 0. The molecule has 0 radical (unpaired) electrons.